The second-order valence-electron chi connectivity index (χ2n) is 7.65. The Morgan fingerprint density at radius 2 is 1.14 bits per heavy atom. The Labute approximate surface area is 139 Å². The minimum Gasteiger partial charge on any atom is -0.286 e. The molecular weight excluding hydrogens is 268 g/mol. The van der Waals surface area contributed by atoms with E-state index < -0.39 is 0 Å². The van der Waals surface area contributed by atoms with Crippen LogP contribution in [-0.2, 0) is 0 Å². The molecule has 2 fully saturated rings. The van der Waals surface area contributed by atoms with Gasteiger partial charge in [0, 0.05) is 13.1 Å². The van der Waals surface area contributed by atoms with Gasteiger partial charge in [-0.3, -0.25) is 9.80 Å². The van der Waals surface area contributed by atoms with E-state index in [1.165, 1.54) is 103 Å². The molecule has 0 N–H and O–H groups in total. The van der Waals surface area contributed by atoms with E-state index in [2.05, 4.69) is 23.6 Å². The van der Waals surface area contributed by atoms with Gasteiger partial charge >= 0.3 is 0 Å². The van der Waals surface area contributed by atoms with Gasteiger partial charge in [-0.25, -0.2) is 0 Å². The lowest BCUT2D eigenvalue weighted by molar-refractivity contribution is 0.0657. The number of hydrogen-bond donors (Lipinski definition) is 0. The van der Waals surface area contributed by atoms with Gasteiger partial charge in [0.1, 0.15) is 0 Å². The third-order valence-corrected chi connectivity index (χ3v) is 5.84. The molecule has 0 spiro atoms. The van der Waals surface area contributed by atoms with Crippen LogP contribution in [0.25, 0.3) is 0 Å². The van der Waals surface area contributed by atoms with Gasteiger partial charge < -0.3 is 0 Å². The van der Waals surface area contributed by atoms with Gasteiger partial charge in [-0.1, -0.05) is 65.2 Å². The monoisotopic (exact) mass is 308 g/mol. The molecule has 0 aromatic carbocycles. The first-order valence-corrected chi connectivity index (χ1v) is 10.3. The van der Waals surface area contributed by atoms with Crippen LogP contribution in [0.2, 0.25) is 0 Å². The van der Waals surface area contributed by atoms with Crippen molar-refractivity contribution < 1.29 is 0 Å². The first kappa shape index (κ1) is 18.3. The second kappa shape index (κ2) is 10.6. The van der Waals surface area contributed by atoms with E-state index in [0.29, 0.717) is 0 Å². The van der Waals surface area contributed by atoms with Crippen LogP contribution in [0.5, 0.6) is 0 Å². The van der Waals surface area contributed by atoms with Gasteiger partial charge in [0.05, 0.1) is 6.17 Å². The van der Waals surface area contributed by atoms with E-state index in [9.17, 15) is 0 Å². The predicted molar refractivity (Wildman–Crippen MR) is 97.2 cm³/mol. The van der Waals surface area contributed by atoms with Gasteiger partial charge in [0.25, 0.3) is 0 Å². The molecular formula is C20H40N2. The number of hydrogen-bond acceptors (Lipinski definition) is 2. The third-order valence-electron chi connectivity index (χ3n) is 5.84. The van der Waals surface area contributed by atoms with Gasteiger partial charge in [0.15, 0.2) is 0 Å². The van der Waals surface area contributed by atoms with E-state index in [0.717, 1.165) is 12.1 Å². The summed E-state index contributed by atoms with van der Waals surface area (Å²) in [6.45, 7) is 9.98. The lowest BCUT2D eigenvalue weighted by atomic mass is 9.92. The summed E-state index contributed by atoms with van der Waals surface area (Å²) < 4.78 is 0. The molecule has 1 heterocycles. The van der Waals surface area contributed by atoms with E-state index in [4.69, 9.17) is 0 Å². The Kier molecular flexibility index (Phi) is 8.84. The molecule has 0 aromatic heterocycles. The summed E-state index contributed by atoms with van der Waals surface area (Å²) in [6, 6.07) is 0. The maximum absolute atomic E-state index is 2.85. The molecule has 130 valence electrons. The lowest BCUT2D eigenvalue weighted by Gasteiger charge is -2.37. The van der Waals surface area contributed by atoms with Crippen molar-refractivity contribution in [3.05, 3.63) is 0 Å². The highest BCUT2D eigenvalue weighted by Crippen LogP contribution is 2.32. The van der Waals surface area contributed by atoms with Crippen LogP contribution in [0, 0.1) is 5.92 Å². The molecule has 0 aromatic rings. The van der Waals surface area contributed by atoms with Crippen molar-refractivity contribution in [1.29, 1.82) is 0 Å². The maximum atomic E-state index is 2.85. The van der Waals surface area contributed by atoms with Gasteiger partial charge in [-0.2, -0.15) is 0 Å². The Morgan fingerprint density at radius 1 is 0.682 bits per heavy atom. The third kappa shape index (κ3) is 5.53. The van der Waals surface area contributed by atoms with Crippen molar-refractivity contribution >= 4 is 0 Å². The van der Waals surface area contributed by atoms with Crippen molar-refractivity contribution in [3.8, 4) is 0 Å². The van der Waals surface area contributed by atoms with Crippen LogP contribution in [0.15, 0.2) is 0 Å². The topological polar surface area (TPSA) is 6.48 Å². The summed E-state index contributed by atoms with van der Waals surface area (Å²) in [5, 5.41) is 0. The lowest BCUT2D eigenvalue weighted by Crippen LogP contribution is -2.45. The Bertz CT molecular complexity index is 253. The Balaban J connectivity index is 1.99. The second-order valence-corrected chi connectivity index (χ2v) is 7.65. The first-order chi connectivity index (χ1) is 10.9. The zero-order valence-corrected chi connectivity index (χ0v) is 15.4. The summed E-state index contributed by atoms with van der Waals surface area (Å²) >= 11 is 0. The van der Waals surface area contributed by atoms with Crippen molar-refractivity contribution in [1.82, 2.24) is 9.80 Å². The standard InChI is InChI=1S/C20H40N2/c1-3-5-15-21-17-18-22(16-6-4-2)20(21)19-13-11-9-7-8-10-12-14-19/h19-20H,3-18H2,1-2H3. The smallest absolute Gasteiger partial charge is 0.0652 e. The largest absolute Gasteiger partial charge is 0.286 e. The van der Waals surface area contributed by atoms with Gasteiger partial charge in [-0.15, -0.1) is 0 Å². The summed E-state index contributed by atoms with van der Waals surface area (Å²) in [6.07, 6.45) is 18.0. The summed E-state index contributed by atoms with van der Waals surface area (Å²) in [7, 11) is 0. The van der Waals surface area contributed by atoms with Crippen LogP contribution in [0.1, 0.15) is 90.9 Å². The molecule has 22 heavy (non-hydrogen) atoms. The van der Waals surface area contributed by atoms with E-state index in [1.807, 2.05) is 0 Å². The molecule has 0 amide bonds. The Hall–Kier alpha value is -0.0800. The van der Waals surface area contributed by atoms with Crippen LogP contribution >= 0.6 is 0 Å². The highest BCUT2D eigenvalue weighted by Gasteiger charge is 2.36. The molecule has 2 rings (SSSR count). The molecule has 1 saturated carbocycles. The fraction of sp³-hybridized carbons (Fsp3) is 1.00. The van der Waals surface area contributed by atoms with Crippen LogP contribution < -0.4 is 0 Å². The van der Waals surface area contributed by atoms with Crippen molar-refractivity contribution in [3.63, 3.8) is 0 Å². The average molecular weight is 309 g/mol. The zero-order chi connectivity index (χ0) is 15.6. The molecule has 2 heteroatoms. The predicted octanol–water partition coefficient (Wildman–Crippen LogP) is 5.28. The van der Waals surface area contributed by atoms with Crippen LogP contribution in [0.3, 0.4) is 0 Å². The minimum atomic E-state index is 0.774. The molecule has 0 bridgehead atoms. The normalized spacial score (nSPS) is 24.3. The number of nitrogens with zero attached hydrogens (tertiary/aromatic N) is 2. The summed E-state index contributed by atoms with van der Waals surface area (Å²) in [5.74, 6) is 0.939. The maximum Gasteiger partial charge on any atom is 0.0652 e. The average Bonchev–Trinajstić information content (AvgIpc) is 2.98. The van der Waals surface area contributed by atoms with Gasteiger partial charge in [-0.05, 0) is 44.7 Å². The Morgan fingerprint density at radius 3 is 1.59 bits per heavy atom. The molecule has 2 aliphatic rings. The fourth-order valence-electron chi connectivity index (χ4n) is 4.52. The SMILES string of the molecule is CCCCN1CCN(CCCC)C1C1CCCCCCCC1. The zero-order valence-electron chi connectivity index (χ0n) is 15.4. The molecule has 1 aliphatic carbocycles. The molecule has 1 saturated heterocycles. The number of rotatable bonds is 7. The van der Waals surface area contributed by atoms with Crippen LogP contribution in [-0.4, -0.2) is 42.1 Å². The minimum absolute atomic E-state index is 0.774. The van der Waals surface area contributed by atoms with Crippen molar-refractivity contribution in [2.45, 2.75) is 97.1 Å². The fourth-order valence-corrected chi connectivity index (χ4v) is 4.52. The summed E-state index contributed by atoms with van der Waals surface area (Å²) in [5.41, 5.74) is 0. The molecule has 0 radical (unpaired) electrons. The van der Waals surface area contributed by atoms with E-state index >= 15 is 0 Å². The highest BCUT2D eigenvalue weighted by atomic mass is 15.4. The van der Waals surface area contributed by atoms with Crippen molar-refractivity contribution in [2.24, 2.45) is 5.92 Å². The van der Waals surface area contributed by atoms with E-state index in [-0.39, 0.29) is 0 Å². The first-order valence-electron chi connectivity index (χ1n) is 10.3. The highest BCUT2D eigenvalue weighted by molar-refractivity contribution is 4.87. The quantitative estimate of drug-likeness (QED) is 0.631. The van der Waals surface area contributed by atoms with E-state index in [1.54, 1.807) is 0 Å². The molecule has 0 unspecified atom stereocenters. The molecule has 2 nitrogen and oxygen atoms in total. The van der Waals surface area contributed by atoms with Crippen molar-refractivity contribution in [2.75, 3.05) is 26.2 Å². The molecule has 1 aliphatic heterocycles. The van der Waals surface area contributed by atoms with Gasteiger partial charge in [0.2, 0.25) is 0 Å². The van der Waals surface area contributed by atoms with Crippen LogP contribution in [0.4, 0.5) is 0 Å². The number of unbranched alkanes of at least 4 members (excludes halogenated alkanes) is 2. The molecule has 0 atom stereocenters. The summed E-state index contributed by atoms with van der Waals surface area (Å²) in [4.78, 5) is 5.70.